The van der Waals surface area contributed by atoms with Crippen molar-refractivity contribution >= 4 is 11.6 Å². The Labute approximate surface area is 177 Å². The fourth-order valence-corrected chi connectivity index (χ4v) is 3.71. The first-order valence-corrected chi connectivity index (χ1v) is 10.4. The molecule has 0 spiro atoms. The van der Waals surface area contributed by atoms with Gasteiger partial charge in [-0.2, -0.15) is 0 Å². The van der Waals surface area contributed by atoms with Crippen molar-refractivity contribution in [3.05, 3.63) is 65.2 Å². The molecule has 3 rings (SSSR count). The predicted molar refractivity (Wildman–Crippen MR) is 119 cm³/mol. The van der Waals surface area contributed by atoms with E-state index in [-0.39, 0.29) is 11.7 Å². The zero-order valence-electron chi connectivity index (χ0n) is 18.0. The van der Waals surface area contributed by atoms with Crippen LogP contribution in [0.3, 0.4) is 0 Å². The molecule has 0 aromatic heterocycles. The first-order chi connectivity index (χ1) is 14.5. The van der Waals surface area contributed by atoms with Crippen LogP contribution in [0.1, 0.15) is 24.5 Å². The van der Waals surface area contributed by atoms with Crippen LogP contribution < -0.4 is 15.5 Å². The predicted octanol–water partition coefficient (Wildman–Crippen LogP) is 3.36. The van der Waals surface area contributed by atoms with Gasteiger partial charge in [0.05, 0.1) is 0 Å². The summed E-state index contributed by atoms with van der Waals surface area (Å²) in [5, 5.41) is 6.72. The van der Waals surface area contributed by atoms with Crippen LogP contribution in [0.25, 0.3) is 0 Å². The van der Waals surface area contributed by atoms with E-state index >= 15 is 0 Å². The number of guanidine groups is 1. The van der Waals surface area contributed by atoms with Gasteiger partial charge in [0.25, 0.3) is 0 Å². The molecule has 1 heterocycles. The second-order valence-corrected chi connectivity index (χ2v) is 7.72. The van der Waals surface area contributed by atoms with Gasteiger partial charge in [-0.3, -0.25) is 4.99 Å². The average molecular weight is 416 g/mol. The second kappa shape index (κ2) is 10.4. The third kappa shape index (κ3) is 5.69. The molecule has 30 heavy (non-hydrogen) atoms. The van der Waals surface area contributed by atoms with Crippen LogP contribution in [-0.4, -0.2) is 50.6 Å². The molecular weight excluding hydrogens is 384 g/mol. The molecule has 0 radical (unpaired) electrons. The lowest BCUT2D eigenvalue weighted by Gasteiger charge is -2.21. The summed E-state index contributed by atoms with van der Waals surface area (Å²) in [4.78, 5) is 8.32. The molecule has 0 aliphatic carbocycles. The highest BCUT2D eigenvalue weighted by molar-refractivity contribution is 5.80. The largest absolute Gasteiger partial charge is 0.365 e. The van der Waals surface area contributed by atoms with Crippen LogP contribution in [0.15, 0.2) is 47.5 Å². The van der Waals surface area contributed by atoms with E-state index in [4.69, 9.17) is 0 Å². The van der Waals surface area contributed by atoms with E-state index in [1.807, 2.05) is 0 Å². The molecule has 2 aromatic rings. The van der Waals surface area contributed by atoms with Crippen LogP contribution in [0.4, 0.5) is 14.5 Å². The normalized spacial score (nSPS) is 16.9. The lowest BCUT2D eigenvalue weighted by atomic mass is 10.1. The molecule has 1 saturated heterocycles. The van der Waals surface area contributed by atoms with Crippen LogP contribution in [-0.2, 0) is 13.1 Å². The summed E-state index contributed by atoms with van der Waals surface area (Å²) in [5.41, 5.74) is 2.51. The Balaban J connectivity index is 1.54. The van der Waals surface area contributed by atoms with Crippen molar-refractivity contribution in [3.63, 3.8) is 0 Å². The highest BCUT2D eigenvalue weighted by Gasteiger charge is 2.27. The molecule has 0 bridgehead atoms. The molecule has 1 unspecified atom stereocenters. The van der Waals surface area contributed by atoms with Gasteiger partial charge in [0.1, 0.15) is 17.3 Å². The van der Waals surface area contributed by atoms with E-state index < -0.39 is 11.6 Å². The quantitative estimate of drug-likeness (QED) is 0.538. The Morgan fingerprint density at radius 2 is 1.87 bits per heavy atom. The summed E-state index contributed by atoms with van der Waals surface area (Å²) in [7, 11) is 3.83. The van der Waals surface area contributed by atoms with E-state index in [0.717, 1.165) is 19.5 Å². The van der Waals surface area contributed by atoms with E-state index in [1.54, 1.807) is 11.9 Å². The van der Waals surface area contributed by atoms with Gasteiger partial charge in [0.15, 0.2) is 5.96 Å². The summed E-state index contributed by atoms with van der Waals surface area (Å²) >= 11 is 0. The number of halogens is 2. The van der Waals surface area contributed by atoms with Crippen molar-refractivity contribution in [2.75, 3.05) is 38.6 Å². The molecule has 162 valence electrons. The lowest BCUT2D eigenvalue weighted by molar-refractivity contribution is 0.345. The fraction of sp³-hybridized carbons (Fsp3) is 0.435. The molecule has 2 N–H and O–H groups in total. The molecule has 0 saturated carbocycles. The molecule has 5 nitrogen and oxygen atoms in total. The SMILES string of the molecule is CCN(C)Cc1cccc(CNC(=NC)NC2CCN(c3c(F)cccc3F)C2)c1. The highest BCUT2D eigenvalue weighted by atomic mass is 19.1. The maximum absolute atomic E-state index is 14.1. The Hall–Kier alpha value is -2.67. The van der Waals surface area contributed by atoms with Crippen molar-refractivity contribution in [3.8, 4) is 0 Å². The number of benzene rings is 2. The Kier molecular flexibility index (Phi) is 7.63. The van der Waals surface area contributed by atoms with Gasteiger partial charge in [-0.05, 0) is 43.3 Å². The number of hydrogen-bond donors (Lipinski definition) is 2. The number of nitrogens with one attached hydrogen (secondary N) is 2. The Bertz CT molecular complexity index is 850. The summed E-state index contributed by atoms with van der Waals surface area (Å²) in [5.74, 6) is -0.356. The van der Waals surface area contributed by atoms with E-state index in [0.29, 0.717) is 25.6 Å². The summed E-state index contributed by atoms with van der Waals surface area (Å²) in [6.07, 6.45) is 0.785. The fourth-order valence-electron chi connectivity index (χ4n) is 3.71. The van der Waals surface area contributed by atoms with Crippen LogP contribution in [0.5, 0.6) is 0 Å². The molecule has 1 aliphatic rings. The minimum absolute atomic E-state index is 0.0543. The minimum atomic E-state index is -0.522. The molecule has 1 aliphatic heterocycles. The van der Waals surface area contributed by atoms with E-state index in [9.17, 15) is 8.78 Å². The number of hydrogen-bond acceptors (Lipinski definition) is 3. The number of anilines is 1. The topological polar surface area (TPSA) is 42.9 Å². The molecule has 1 fully saturated rings. The maximum Gasteiger partial charge on any atom is 0.191 e. The third-order valence-corrected chi connectivity index (χ3v) is 5.45. The van der Waals surface area contributed by atoms with Gasteiger partial charge in [-0.15, -0.1) is 0 Å². The third-order valence-electron chi connectivity index (χ3n) is 5.45. The van der Waals surface area contributed by atoms with Gasteiger partial charge in [0.2, 0.25) is 0 Å². The summed E-state index contributed by atoms with van der Waals surface area (Å²) < 4.78 is 28.1. The van der Waals surface area contributed by atoms with E-state index in [1.165, 1.54) is 29.3 Å². The number of aliphatic imine (C=N–C) groups is 1. The Morgan fingerprint density at radius 1 is 1.17 bits per heavy atom. The first-order valence-electron chi connectivity index (χ1n) is 10.4. The number of nitrogens with zero attached hydrogens (tertiary/aromatic N) is 3. The zero-order valence-corrected chi connectivity index (χ0v) is 18.0. The molecule has 7 heteroatoms. The van der Waals surface area contributed by atoms with Crippen molar-refractivity contribution in [2.24, 2.45) is 4.99 Å². The lowest BCUT2D eigenvalue weighted by Crippen LogP contribution is -2.44. The van der Waals surface area contributed by atoms with Crippen molar-refractivity contribution in [1.82, 2.24) is 15.5 Å². The maximum atomic E-state index is 14.1. The molecule has 1 atom stereocenters. The summed E-state index contributed by atoms with van der Waals surface area (Å²) in [6, 6.07) is 12.6. The molecule has 0 amide bonds. The highest BCUT2D eigenvalue weighted by Crippen LogP contribution is 2.26. The standard InChI is InChI=1S/C23H31F2N5/c1-4-29(3)15-18-8-5-7-17(13-18)14-27-23(26-2)28-19-11-12-30(16-19)22-20(24)9-6-10-21(22)25/h5-10,13,19H,4,11-12,14-16H2,1-3H3,(H2,26,27,28). The monoisotopic (exact) mass is 415 g/mol. The van der Waals surface area contributed by atoms with Gasteiger partial charge >= 0.3 is 0 Å². The molecular formula is C23H31F2N5. The Morgan fingerprint density at radius 3 is 2.57 bits per heavy atom. The van der Waals surface area contributed by atoms with Gasteiger partial charge in [0, 0.05) is 39.3 Å². The number of para-hydroxylation sites is 1. The first kappa shape index (κ1) is 22.0. The van der Waals surface area contributed by atoms with Gasteiger partial charge < -0.3 is 20.4 Å². The van der Waals surface area contributed by atoms with Crippen LogP contribution in [0, 0.1) is 11.6 Å². The van der Waals surface area contributed by atoms with Gasteiger partial charge in [-0.25, -0.2) is 8.78 Å². The zero-order chi connectivity index (χ0) is 21.5. The average Bonchev–Trinajstić information content (AvgIpc) is 3.19. The van der Waals surface area contributed by atoms with Crippen molar-refractivity contribution in [2.45, 2.75) is 32.5 Å². The number of rotatable bonds is 7. The second-order valence-electron chi connectivity index (χ2n) is 7.72. The summed E-state index contributed by atoms with van der Waals surface area (Å²) in [6.45, 7) is 5.85. The van der Waals surface area contributed by atoms with Gasteiger partial charge in [-0.1, -0.05) is 37.3 Å². The van der Waals surface area contributed by atoms with Crippen LogP contribution >= 0.6 is 0 Å². The van der Waals surface area contributed by atoms with Crippen LogP contribution in [0.2, 0.25) is 0 Å². The van der Waals surface area contributed by atoms with Crippen molar-refractivity contribution < 1.29 is 8.78 Å². The molecule has 2 aromatic carbocycles. The smallest absolute Gasteiger partial charge is 0.191 e. The minimum Gasteiger partial charge on any atom is -0.365 e. The van der Waals surface area contributed by atoms with Crippen molar-refractivity contribution in [1.29, 1.82) is 0 Å². The van der Waals surface area contributed by atoms with E-state index in [2.05, 4.69) is 58.8 Å².